The zero-order chi connectivity index (χ0) is 14.7. The lowest BCUT2D eigenvalue weighted by molar-refractivity contribution is 0.0682. The topological polar surface area (TPSA) is 32.3 Å². The number of amides is 1. The molecule has 1 heterocycles. The van der Waals surface area contributed by atoms with Crippen molar-refractivity contribution in [3.05, 3.63) is 29.3 Å². The summed E-state index contributed by atoms with van der Waals surface area (Å²) in [7, 11) is 0. The van der Waals surface area contributed by atoms with Crippen LogP contribution in [0.1, 0.15) is 50.0 Å². The maximum atomic E-state index is 12.7. The standard InChI is InChI=1S/C17H26N2O/c1-12(2)11-19(13(3)4)17(20)15-7-8-16-14(10-15)6-5-9-18-16/h7-8,10,12-13,18H,5-6,9,11H2,1-4H3. The van der Waals surface area contributed by atoms with E-state index < -0.39 is 0 Å². The minimum Gasteiger partial charge on any atom is -0.385 e. The molecule has 0 atom stereocenters. The second-order valence-corrected chi connectivity index (χ2v) is 6.35. The van der Waals surface area contributed by atoms with Gasteiger partial charge in [0.15, 0.2) is 0 Å². The molecular weight excluding hydrogens is 248 g/mol. The summed E-state index contributed by atoms with van der Waals surface area (Å²) in [4.78, 5) is 14.7. The zero-order valence-electron chi connectivity index (χ0n) is 13.1. The van der Waals surface area contributed by atoms with Crippen LogP contribution in [-0.4, -0.2) is 29.9 Å². The average Bonchev–Trinajstić information content (AvgIpc) is 2.43. The van der Waals surface area contributed by atoms with E-state index in [-0.39, 0.29) is 11.9 Å². The summed E-state index contributed by atoms with van der Waals surface area (Å²) in [6.07, 6.45) is 2.21. The van der Waals surface area contributed by atoms with Gasteiger partial charge in [0.2, 0.25) is 0 Å². The van der Waals surface area contributed by atoms with Crippen LogP contribution in [0.3, 0.4) is 0 Å². The Bertz CT molecular complexity index is 480. The quantitative estimate of drug-likeness (QED) is 0.910. The maximum Gasteiger partial charge on any atom is 0.254 e. The number of benzene rings is 1. The van der Waals surface area contributed by atoms with E-state index in [0.29, 0.717) is 5.92 Å². The molecule has 110 valence electrons. The van der Waals surface area contributed by atoms with Gasteiger partial charge in [0.05, 0.1) is 0 Å². The normalized spacial score (nSPS) is 14.1. The second kappa shape index (κ2) is 6.29. The Morgan fingerprint density at radius 2 is 2.05 bits per heavy atom. The summed E-state index contributed by atoms with van der Waals surface area (Å²) in [5, 5.41) is 3.39. The number of rotatable bonds is 4. The third-order valence-electron chi connectivity index (χ3n) is 3.74. The molecular formula is C17H26N2O. The Balaban J connectivity index is 2.22. The highest BCUT2D eigenvalue weighted by Gasteiger charge is 2.21. The first-order valence-corrected chi connectivity index (χ1v) is 7.66. The molecule has 0 saturated carbocycles. The Hall–Kier alpha value is -1.51. The van der Waals surface area contributed by atoms with E-state index in [2.05, 4.69) is 45.1 Å². The highest BCUT2D eigenvalue weighted by atomic mass is 16.2. The smallest absolute Gasteiger partial charge is 0.254 e. The van der Waals surface area contributed by atoms with Crippen LogP contribution in [0.15, 0.2) is 18.2 Å². The number of aryl methyl sites for hydroxylation is 1. The number of fused-ring (bicyclic) bond motifs is 1. The number of anilines is 1. The summed E-state index contributed by atoms with van der Waals surface area (Å²) < 4.78 is 0. The number of nitrogens with zero attached hydrogens (tertiary/aromatic N) is 1. The van der Waals surface area contributed by atoms with Crippen molar-refractivity contribution in [3.8, 4) is 0 Å². The van der Waals surface area contributed by atoms with Crippen LogP contribution in [0.25, 0.3) is 0 Å². The molecule has 3 nitrogen and oxygen atoms in total. The van der Waals surface area contributed by atoms with Crippen LogP contribution < -0.4 is 5.32 Å². The van der Waals surface area contributed by atoms with E-state index in [0.717, 1.165) is 31.5 Å². The van der Waals surface area contributed by atoms with Crippen molar-refractivity contribution < 1.29 is 4.79 Å². The van der Waals surface area contributed by atoms with Gasteiger partial charge < -0.3 is 10.2 Å². The van der Waals surface area contributed by atoms with Gasteiger partial charge in [0, 0.05) is 30.4 Å². The first-order chi connectivity index (χ1) is 9.49. The lowest BCUT2D eigenvalue weighted by Gasteiger charge is -2.29. The summed E-state index contributed by atoms with van der Waals surface area (Å²) in [6.45, 7) is 10.3. The van der Waals surface area contributed by atoms with Crippen molar-refractivity contribution in [2.45, 2.75) is 46.6 Å². The van der Waals surface area contributed by atoms with Gasteiger partial charge in [0.25, 0.3) is 5.91 Å². The SMILES string of the molecule is CC(C)CN(C(=O)c1ccc2c(c1)CCCN2)C(C)C. The van der Waals surface area contributed by atoms with Crippen LogP contribution in [0.4, 0.5) is 5.69 Å². The summed E-state index contributed by atoms with van der Waals surface area (Å²) in [6, 6.07) is 6.31. The molecule has 0 bridgehead atoms. The number of nitrogens with one attached hydrogen (secondary N) is 1. The summed E-state index contributed by atoms with van der Waals surface area (Å²) >= 11 is 0. The molecule has 0 aromatic heterocycles. The van der Waals surface area contributed by atoms with Gasteiger partial charge in [-0.3, -0.25) is 4.79 Å². The van der Waals surface area contributed by atoms with Crippen molar-refractivity contribution in [1.82, 2.24) is 4.90 Å². The summed E-state index contributed by atoms with van der Waals surface area (Å²) in [5.41, 5.74) is 3.28. The van der Waals surface area contributed by atoms with Gasteiger partial charge in [-0.1, -0.05) is 13.8 Å². The molecule has 0 aliphatic carbocycles. The van der Waals surface area contributed by atoms with Crippen molar-refractivity contribution in [2.75, 3.05) is 18.4 Å². The van der Waals surface area contributed by atoms with Crippen LogP contribution in [0.5, 0.6) is 0 Å². The predicted octanol–water partition coefficient (Wildman–Crippen LogP) is 3.55. The fourth-order valence-corrected chi connectivity index (χ4v) is 2.70. The molecule has 0 fully saturated rings. The third kappa shape index (κ3) is 3.33. The first-order valence-electron chi connectivity index (χ1n) is 7.66. The second-order valence-electron chi connectivity index (χ2n) is 6.35. The lowest BCUT2D eigenvalue weighted by Crippen LogP contribution is -2.39. The van der Waals surface area contributed by atoms with Gasteiger partial charge >= 0.3 is 0 Å². The van der Waals surface area contributed by atoms with Crippen molar-refractivity contribution in [1.29, 1.82) is 0 Å². The summed E-state index contributed by atoms with van der Waals surface area (Å²) in [5.74, 6) is 0.641. The molecule has 2 rings (SSSR count). The van der Waals surface area contributed by atoms with Crippen molar-refractivity contribution in [2.24, 2.45) is 5.92 Å². The first kappa shape index (κ1) is 14.9. The van der Waals surface area contributed by atoms with Gasteiger partial charge in [-0.15, -0.1) is 0 Å². The molecule has 1 aromatic carbocycles. The molecule has 0 spiro atoms. The van der Waals surface area contributed by atoms with Crippen LogP contribution in [0.2, 0.25) is 0 Å². The van der Waals surface area contributed by atoms with E-state index >= 15 is 0 Å². The Kier molecular flexibility index (Phi) is 4.69. The molecule has 1 N–H and O–H groups in total. The van der Waals surface area contributed by atoms with Gasteiger partial charge in [-0.05, 0) is 56.4 Å². The van der Waals surface area contributed by atoms with E-state index in [1.54, 1.807) is 0 Å². The highest BCUT2D eigenvalue weighted by Crippen LogP contribution is 2.24. The van der Waals surface area contributed by atoms with Crippen molar-refractivity contribution in [3.63, 3.8) is 0 Å². The van der Waals surface area contributed by atoms with Gasteiger partial charge in [0.1, 0.15) is 0 Å². The fraction of sp³-hybridized carbons (Fsp3) is 0.588. The number of hydrogen-bond donors (Lipinski definition) is 1. The minimum absolute atomic E-state index is 0.155. The van der Waals surface area contributed by atoms with E-state index in [1.165, 1.54) is 11.3 Å². The molecule has 1 aliphatic rings. The Morgan fingerprint density at radius 1 is 1.30 bits per heavy atom. The van der Waals surface area contributed by atoms with Gasteiger partial charge in [-0.2, -0.15) is 0 Å². The Morgan fingerprint density at radius 3 is 2.70 bits per heavy atom. The molecule has 0 saturated heterocycles. The average molecular weight is 274 g/mol. The van der Waals surface area contributed by atoms with Crippen LogP contribution >= 0.6 is 0 Å². The largest absolute Gasteiger partial charge is 0.385 e. The number of hydrogen-bond acceptors (Lipinski definition) is 2. The molecule has 0 radical (unpaired) electrons. The molecule has 0 unspecified atom stereocenters. The third-order valence-corrected chi connectivity index (χ3v) is 3.74. The Labute approximate surface area is 122 Å². The molecule has 3 heteroatoms. The number of carbonyl (C=O) groups excluding carboxylic acids is 1. The maximum absolute atomic E-state index is 12.7. The number of carbonyl (C=O) groups is 1. The van der Waals surface area contributed by atoms with Crippen LogP contribution in [-0.2, 0) is 6.42 Å². The fourth-order valence-electron chi connectivity index (χ4n) is 2.70. The van der Waals surface area contributed by atoms with Crippen molar-refractivity contribution >= 4 is 11.6 Å². The molecule has 1 amide bonds. The monoisotopic (exact) mass is 274 g/mol. The zero-order valence-corrected chi connectivity index (χ0v) is 13.1. The minimum atomic E-state index is 0.155. The molecule has 1 aliphatic heterocycles. The van der Waals surface area contributed by atoms with Crippen LogP contribution in [0, 0.1) is 5.92 Å². The lowest BCUT2D eigenvalue weighted by atomic mass is 10.00. The highest BCUT2D eigenvalue weighted by molar-refractivity contribution is 5.95. The molecule has 1 aromatic rings. The molecule has 20 heavy (non-hydrogen) atoms. The predicted molar refractivity (Wildman–Crippen MR) is 84.3 cm³/mol. The van der Waals surface area contributed by atoms with E-state index in [9.17, 15) is 4.79 Å². The van der Waals surface area contributed by atoms with E-state index in [4.69, 9.17) is 0 Å². The van der Waals surface area contributed by atoms with Gasteiger partial charge in [-0.25, -0.2) is 0 Å². The van der Waals surface area contributed by atoms with E-state index in [1.807, 2.05) is 11.0 Å².